The van der Waals surface area contributed by atoms with Gasteiger partial charge in [0.05, 0.1) is 5.75 Å². The van der Waals surface area contributed by atoms with Gasteiger partial charge in [0.25, 0.3) is 5.91 Å². The van der Waals surface area contributed by atoms with Gasteiger partial charge in [0.1, 0.15) is 5.03 Å². The summed E-state index contributed by atoms with van der Waals surface area (Å²) in [7, 11) is 0. The normalized spacial score (nSPS) is 10.8. The molecule has 0 radical (unpaired) electrons. The van der Waals surface area contributed by atoms with Crippen molar-refractivity contribution in [3.8, 4) is 0 Å². The molecule has 4 aromatic rings. The topological polar surface area (TPSA) is 101 Å². The number of hydrogen-bond donors (Lipinski definition) is 2. The number of halogens is 1. The molecule has 2 N–H and O–H groups in total. The van der Waals surface area contributed by atoms with Gasteiger partial charge in [-0.2, -0.15) is 9.61 Å². The van der Waals surface area contributed by atoms with Crippen molar-refractivity contribution >= 4 is 46.5 Å². The molecule has 10 heteroatoms. The lowest BCUT2D eigenvalue weighted by atomic mass is 10.1. The average Bonchev–Trinajstić information content (AvgIpc) is 3.22. The van der Waals surface area contributed by atoms with Gasteiger partial charge in [0.2, 0.25) is 5.91 Å². The van der Waals surface area contributed by atoms with E-state index in [9.17, 15) is 9.59 Å². The summed E-state index contributed by atoms with van der Waals surface area (Å²) in [5.41, 5.74) is 3.00. The van der Waals surface area contributed by atoms with E-state index in [4.69, 9.17) is 11.6 Å². The molecule has 2 amide bonds. The molecule has 0 saturated heterocycles. The van der Waals surface area contributed by atoms with Crippen molar-refractivity contribution in [1.82, 2.24) is 25.1 Å². The summed E-state index contributed by atoms with van der Waals surface area (Å²) in [5.74, 6) is 0.541. The van der Waals surface area contributed by atoms with E-state index in [1.165, 1.54) is 11.8 Å². The SMILES string of the molecule is Cc1ccc(C(=O)NCCc2nnc3ccc(SCC(=O)Nc4ccc(Cl)cc4)nn23)cc1. The highest BCUT2D eigenvalue weighted by atomic mass is 35.5. The second-order valence-electron chi connectivity index (χ2n) is 7.27. The van der Waals surface area contributed by atoms with Gasteiger partial charge in [-0.05, 0) is 55.5 Å². The first kappa shape index (κ1) is 22.8. The number of thioether (sulfide) groups is 1. The minimum atomic E-state index is -0.146. The predicted octanol–water partition coefficient (Wildman–Crippen LogP) is 3.79. The van der Waals surface area contributed by atoms with Crippen LogP contribution in [-0.2, 0) is 11.2 Å². The summed E-state index contributed by atoms with van der Waals surface area (Å²) >= 11 is 7.17. The van der Waals surface area contributed by atoms with Crippen molar-refractivity contribution < 1.29 is 9.59 Å². The van der Waals surface area contributed by atoms with Crippen molar-refractivity contribution in [2.24, 2.45) is 0 Å². The van der Waals surface area contributed by atoms with Crippen LogP contribution in [0.3, 0.4) is 0 Å². The van der Waals surface area contributed by atoms with Crippen LogP contribution < -0.4 is 10.6 Å². The van der Waals surface area contributed by atoms with Crippen LogP contribution in [0.4, 0.5) is 5.69 Å². The van der Waals surface area contributed by atoms with E-state index in [-0.39, 0.29) is 17.6 Å². The molecule has 8 nitrogen and oxygen atoms in total. The van der Waals surface area contributed by atoms with Gasteiger partial charge >= 0.3 is 0 Å². The third-order valence-corrected chi connectivity index (χ3v) is 5.90. The van der Waals surface area contributed by atoms with Crippen molar-refractivity contribution in [2.75, 3.05) is 17.6 Å². The number of carbonyl (C=O) groups excluding carboxylic acids is 2. The van der Waals surface area contributed by atoms with E-state index in [1.54, 1.807) is 53.0 Å². The van der Waals surface area contributed by atoms with Crippen molar-refractivity contribution in [1.29, 1.82) is 0 Å². The number of hydrogen-bond acceptors (Lipinski definition) is 6. The molecule has 33 heavy (non-hydrogen) atoms. The first-order chi connectivity index (χ1) is 16.0. The molecule has 0 saturated carbocycles. The van der Waals surface area contributed by atoms with Crippen molar-refractivity contribution in [2.45, 2.75) is 18.4 Å². The number of nitrogens with one attached hydrogen (secondary N) is 2. The van der Waals surface area contributed by atoms with Crippen LogP contribution in [0.5, 0.6) is 0 Å². The van der Waals surface area contributed by atoms with E-state index in [2.05, 4.69) is 25.9 Å². The third kappa shape index (κ3) is 6.09. The highest BCUT2D eigenvalue weighted by molar-refractivity contribution is 7.99. The van der Waals surface area contributed by atoms with Gasteiger partial charge in [-0.3, -0.25) is 9.59 Å². The predicted molar refractivity (Wildman–Crippen MR) is 129 cm³/mol. The second kappa shape index (κ2) is 10.5. The fourth-order valence-corrected chi connectivity index (χ4v) is 3.79. The quantitative estimate of drug-likeness (QED) is 0.372. The maximum atomic E-state index is 12.3. The molecular formula is C23H21ClN6O2S. The summed E-state index contributed by atoms with van der Waals surface area (Å²) in [6.45, 7) is 2.37. The first-order valence-corrected chi connectivity index (χ1v) is 11.6. The van der Waals surface area contributed by atoms with Crippen molar-refractivity contribution in [3.05, 3.63) is 82.6 Å². The Morgan fingerprint density at radius 2 is 1.76 bits per heavy atom. The molecule has 0 atom stereocenters. The Hall–Kier alpha value is -3.43. The number of amides is 2. The Morgan fingerprint density at radius 3 is 2.52 bits per heavy atom. The third-order valence-electron chi connectivity index (χ3n) is 4.73. The van der Waals surface area contributed by atoms with Gasteiger partial charge in [-0.1, -0.05) is 41.1 Å². The number of fused-ring (bicyclic) bond motifs is 1. The Kier molecular flexibility index (Phi) is 7.21. The van der Waals surface area contributed by atoms with Crippen LogP contribution in [0, 0.1) is 6.92 Å². The lowest BCUT2D eigenvalue weighted by molar-refractivity contribution is -0.113. The minimum absolute atomic E-state index is 0.139. The van der Waals surface area contributed by atoms with Crippen LogP contribution in [0.15, 0.2) is 65.7 Å². The Balaban J connectivity index is 1.32. The first-order valence-electron chi connectivity index (χ1n) is 10.2. The van der Waals surface area contributed by atoms with Gasteiger partial charge in [0, 0.05) is 29.2 Å². The van der Waals surface area contributed by atoms with Gasteiger partial charge in [-0.25, -0.2) is 0 Å². The fraction of sp³-hybridized carbons (Fsp3) is 0.174. The van der Waals surface area contributed by atoms with Crippen molar-refractivity contribution in [3.63, 3.8) is 0 Å². The molecule has 4 rings (SSSR count). The largest absolute Gasteiger partial charge is 0.352 e. The molecule has 0 spiro atoms. The van der Waals surface area contributed by atoms with Gasteiger partial charge < -0.3 is 10.6 Å². The fourth-order valence-electron chi connectivity index (χ4n) is 3.01. The van der Waals surface area contributed by atoms with Crippen LogP contribution in [0.1, 0.15) is 21.7 Å². The Morgan fingerprint density at radius 1 is 1.00 bits per heavy atom. The molecule has 2 heterocycles. The zero-order valence-corrected chi connectivity index (χ0v) is 19.4. The number of rotatable bonds is 8. The molecule has 0 bridgehead atoms. The molecule has 0 unspecified atom stereocenters. The molecule has 0 aliphatic carbocycles. The molecule has 168 valence electrons. The standard InChI is InChI=1S/C23H21ClN6O2S/c1-15-2-4-16(5-3-15)23(32)25-13-12-20-28-27-19-10-11-22(29-30(19)20)33-14-21(31)26-18-8-6-17(24)7-9-18/h2-11H,12-14H2,1H3,(H,25,32)(H,26,31). The van der Waals surface area contributed by atoms with Crippen LogP contribution in [0.25, 0.3) is 5.65 Å². The van der Waals surface area contributed by atoms with E-state index in [1.807, 2.05) is 19.1 Å². The van der Waals surface area contributed by atoms with E-state index in [0.717, 1.165) is 5.56 Å². The molecule has 0 aliphatic rings. The zero-order chi connectivity index (χ0) is 23.2. The number of nitrogens with zero attached hydrogens (tertiary/aromatic N) is 4. The highest BCUT2D eigenvalue weighted by Crippen LogP contribution is 2.18. The maximum absolute atomic E-state index is 12.3. The highest BCUT2D eigenvalue weighted by Gasteiger charge is 2.11. The Bertz CT molecular complexity index is 1270. The monoisotopic (exact) mass is 480 g/mol. The number of carbonyl (C=O) groups is 2. The molecule has 2 aromatic carbocycles. The maximum Gasteiger partial charge on any atom is 0.251 e. The van der Waals surface area contributed by atoms with E-state index < -0.39 is 0 Å². The number of aryl methyl sites for hydroxylation is 1. The second-order valence-corrected chi connectivity index (χ2v) is 8.71. The minimum Gasteiger partial charge on any atom is -0.352 e. The zero-order valence-electron chi connectivity index (χ0n) is 17.8. The van der Waals surface area contributed by atoms with E-state index >= 15 is 0 Å². The number of benzene rings is 2. The van der Waals surface area contributed by atoms with Gasteiger partial charge in [-0.15, -0.1) is 10.2 Å². The molecule has 0 fully saturated rings. The summed E-state index contributed by atoms with van der Waals surface area (Å²) in [6, 6.07) is 17.9. The number of aromatic nitrogens is 4. The molecule has 2 aromatic heterocycles. The summed E-state index contributed by atoms with van der Waals surface area (Å²) in [5, 5.41) is 19.8. The molecule has 0 aliphatic heterocycles. The van der Waals surface area contributed by atoms with Gasteiger partial charge in [0.15, 0.2) is 11.5 Å². The lowest BCUT2D eigenvalue weighted by Gasteiger charge is -2.06. The molecular weight excluding hydrogens is 460 g/mol. The van der Waals surface area contributed by atoms with Crippen LogP contribution >= 0.6 is 23.4 Å². The lowest BCUT2D eigenvalue weighted by Crippen LogP contribution is -2.26. The van der Waals surface area contributed by atoms with E-state index in [0.29, 0.717) is 45.7 Å². The summed E-state index contributed by atoms with van der Waals surface area (Å²) < 4.78 is 1.64. The van der Waals surface area contributed by atoms with Crippen LogP contribution in [0.2, 0.25) is 5.02 Å². The summed E-state index contributed by atoms with van der Waals surface area (Å²) in [4.78, 5) is 24.5. The summed E-state index contributed by atoms with van der Waals surface area (Å²) in [6.07, 6.45) is 0.469. The van der Waals surface area contributed by atoms with Crippen LogP contribution in [-0.4, -0.2) is 43.9 Å². The Labute approximate surface area is 199 Å². The number of anilines is 1. The average molecular weight is 481 g/mol. The smallest absolute Gasteiger partial charge is 0.251 e.